The van der Waals surface area contributed by atoms with Crippen molar-refractivity contribution < 1.29 is 8.42 Å². The van der Waals surface area contributed by atoms with Crippen LogP contribution in [0.4, 0.5) is 0 Å². The maximum absolute atomic E-state index is 12.5. The van der Waals surface area contributed by atoms with Crippen LogP contribution in [0.25, 0.3) is 6.08 Å². The summed E-state index contributed by atoms with van der Waals surface area (Å²) in [5, 5.41) is 0. The quantitative estimate of drug-likeness (QED) is 0.725. The molecule has 0 unspecified atom stereocenters. The number of aryl methyl sites for hydroxylation is 1. The Balaban J connectivity index is 2.20. The number of sulfonamides is 1. The first-order chi connectivity index (χ1) is 11.5. The van der Waals surface area contributed by atoms with Gasteiger partial charge in [-0.25, -0.2) is 13.1 Å². The zero-order valence-corrected chi connectivity index (χ0v) is 15.1. The molecule has 0 fully saturated rings. The summed E-state index contributed by atoms with van der Waals surface area (Å²) in [4.78, 5) is 0.377. The van der Waals surface area contributed by atoms with Crippen molar-refractivity contribution in [2.45, 2.75) is 38.0 Å². The number of hydrogen-bond donors (Lipinski definition) is 1. The third-order valence-electron chi connectivity index (χ3n) is 3.78. The van der Waals surface area contributed by atoms with Gasteiger partial charge in [-0.2, -0.15) is 0 Å². The Morgan fingerprint density at radius 2 is 1.83 bits per heavy atom. The lowest BCUT2D eigenvalue weighted by molar-refractivity contribution is 0.577. The van der Waals surface area contributed by atoms with Crippen LogP contribution in [0.5, 0.6) is 0 Å². The molecule has 2 aromatic rings. The Hall–Kier alpha value is -1.91. The van der Waals surface area contributed by atoms with Crippen molar-refractivity contribution in [3.05, 3.63) is 71.3 Å². The van der Waals surface area contributed by atoms with E-state index in [-0.39, 0.29) is 0 Å². The van der Waals surface area contributed by atoms with Gasteiger partial charge < -0.3 is 0 Å². The fourth-order valence-corrected chi connectivity index (χ4v) is 3.78. The van der Waals surface area contributed by atoms with Gasteiger partial charge in [0.15, 0.2) is 0 Å². The summed E-state index contributed by atoms with van der Waals surface area (Å²) in [5.41, 5.74) is 2.99. The molecule has 0 aliphatic rings. The molecule has 128 valence electrons. The topological polar surface area (TPSA) is 46.2 Å². The summed E-state index contributed by atoms with van der Waals surface area (Å²) in [5.74, 6) is 0. The zero-order chi connectivity index (χ0) is 17.4. The lowest BCUT2D eigenvalue weighted by Crippen LogP contribution is -2.25. The SMILES string of the molecule is CCCCNS(=O)(=O)c1ccc(C)cc1CC=Cc1ccccc1. The summed E-state index contributed by atoms with van der Waals surface area (Å²) in [7, 11) is -3.46. The highest BCUT2D eigenvalue weighted by Crippen LogP contribution is 2.19. The third kappa shape index (κ3) is 5.32. The molecular weight excluding hydrogens is 318 g/mol. The average molecular weight is 343 g/mol. The minimum atomic E-state index is -3.46. The van der Waals surface area contributed by atoms with Gasteiger partial charge in [-0.15, -0.1) is 0 Å². The molecule has 24 heavy (non-hydrogen) atoms. The Kier molecular flexibility index (Phi) is 6.76. The second-order valence-corrected chi connectivity index (χ2v) is 7.62. The fraction of sp³-hybridized carbons (Fsp3) is 0.300. The van der Waals surface area contributed by atoms with Crippen LogP contribution >= 0.6 is 0 Å². The maximum atomic E-state index is 12.5. The summed E-state index contributed by atoms with van der Waals surface area (Å²) in [6.45, 7) is 4.50. The van der Waals surface area contributed by atoms with Crippen LogP contribution in [0.3, 0.4) is 0 Å². The largest absolute Gasteiger partial charge is 0.240 e. The number of benzene rings is 2. The van der Waals surface area contributed by atoms with E-state index in [1.165, 1.54) is 0 Å². The molecule has 4 heteroatoms. The van der Waals surface area contributed by atoms with Crippen LogP contribution in [0, 0.1) is 6.92 Å². The zero-order valence-electron chi connectivity index (χ0n) is 14.3. The summed E-state index contributed by atoms with van der Waals surface area (Å²) in [6, 6.07) is 15.5. The van der Waals surface area contributed by atoms with E-state index in [4.69, 9.17) is 0 Å². The molecule has 0 heterocycles. The molecule has 0 amide bonds. The fourth-order valence-electron chi connectivity index (χ4n) is 2.48. The number of rotatable bonds is 8. The van der Waals surface area contributed by atoms with Crippen molar-refractivity contribution in [3.63, 3.8) is 0 Å². The highest BCUT2D eigenvalue weighted by Gasteiger charge is 2.17. The molecule has 0 aromatic heterocycles. The molecule has 0 bridgehead atoms. The predicted octanol–water partition coefficient (Wildman–Crippen LogP) is 4.33. The first-order valence-electron chi connectivity index (χ1n) is 8.33. The van der Waals surface area contributed by atoms with Crippen molar-refractivity contribution in [1.82, 2.24) is 4.72 Å². The number of allylic oxidation sites excluding steroid dienone is 1. The Morgan fingerprint density at radius 1 is 1.08 bits per heavy atom. The predicted molar refractivity (Wildman–Crippen MR) is 100 cm³/mol. The van der Waals surface area contributed by atoms with Crippen LogP contribution in [-0.2, 0) is 16.4 Å². The van der Waals surface area contributed by atoms with Gasteiger partial charge in [0.05, 0.1) is 4.90 Å². The Morgan fingerprint density at radius 3 is 2.54 bits per heavy atom. The minimum Gasteiger partial charge on any atom is -0.211 e. The highest BCUT2D eigenvalue weighted by atomic mass is 32.2. The van der Waals surface area contributed by atoms with Crippen LogP contribution in [0.2, 0.25) is 0 Å². The molecule has 0 saturated heterocycles. The lowest BCUT2D eigenvalue weighted by atomic mass is 10.1. The van der Waals surface area contributed by atoms with E-state index in [1.54, 1.807) is 6.07 Å². The molecule has 0 saturated carbocycles. The van der Waals surface area contributed by atoms with E-state index >= 15 is 0 Å². The van der Waals surface area contributed by atoms with Gasteiger partial charge in [0.25, 0.3) is 0 Å². The molecule has 0 spiro atoms. The van der Waals surface area contributed by atoms with Crippen molar-refractivity contribution >= 4 is 16.1 Å². The second kappa shape index (κ2) is 8.81. The standard InChI is InChI=1S/C20H25NO2S/c1-3-4-15-21-24(22,23)20-14-13-17(2)16-19(20)12-8-11-18-9-6-5-7-10-18/h5-11,13-14,16,21H,3-4,12,15H2,1-2H3. The van der Waals surface area contributed by atoms with E-state index in [2.05, 4.69) is 4.72 Å². The first-order valence-corrected chi connectivity index (χ1v) is 9.82. The molecule has 0 aliphatic heterocycles. The molecule has 2 rings (SSSR count). The van der Waals surface area contributed by atoms with Gasteiger partial charge in [0.2, 0.25) is 10.0 Å². The van der Waals surface area contributed by atoms with Gasteiger partial charge in [0.1, 0.15) is 0 Å². The number of unbranched alkanes of at least 4 members (excludes halogenated alkanes) is 1. The van der Waals surface area contributed by atoms with Crippen LogP contribution in [0.1, 0.15) is 36.5 Å². The summed E-state index contributed by atoms with van der Waals surface area (Å²) >= 11 is 0. The average Bonchev–Trinajstić information content (AvgIpc) is 2.56. The smallest absolute Gasteiger partial charge is 0.211 e. The van der Waals surface area contributed by atoms with E-state index in [1.807, 2.05) is 68.5 Å². The monoisotopic (exact) mass is 343 g/mol. The maximum Gasteiger partial charge on any atom is 0.240 e. The summed E-state index contributed by atoms with van der Waals surface area (Å²) in [6.07, 6.45) is 6.41. The minimum absolute atomic E-state index is 0.377. The molecule has 0 aliphatic carbocycles. The molecular formula is C20H25NO2S. The van der Waals surface area contributed by atoms with Crippen molar-refractivity contribution in [3.8, 4) is 0 Å². The van der Waals surface area contributed by atoms with Crippen molar-refractivity contribution in [2.75, 3.05) is 6.54 Å². The van der Waals surface area contributed by atoms with Crippen LogP contribution < -0.4 is 4.72 Å². The highest BCUT2D eigenvalue weighted by molar-refractivity contribution is 7.89. The van der Waals surface area contributed by atoms with Crippen molar-refractivity contribution in [2.24, 2.45) is 0 Å². The molecule has 0 radical (unpaired) electrons. The van der Waals surface area contributed by atoms with E-state index in [9.17, 15) is 8.42 Å². The van der Waals surface area contributed by atoms with Crippen LogP contribution in [0.15, 0.2) is 59.5 Å². The number of hydrogen-bond acceptors (Lipinski definition) is 2. The third-order valence-corrected chi connectivity index (χ3v) is 5.34. The van der Waals surface area contributed by atoms with E-state index < -0.39 is 10.0 Å². The van der Waals surface area contributed by atoms with Gasteiger partial charge in [-0.3, -0.25) is 0 Å². The molecule has 0 atom stereocenters. The van der Waals surface area contributed by atoms with Gasteiger partial charge in [-0.05, 0) is 37.0 Å². The van der Waals surface area contributed by atoms with Gasteiger partial charge in [-0.1, -0.05) is 73.5 Å². The molecule has 3 nitrogen and oxygen atoms in total. The summed E-state index contributed by atoms with van der Waals surface area (Å²) < 4.78 is 27.8. The Bertz CT molecular complexity index is 781. The Labute approximate surface area is 145 Å². The second-order valence-electron chi connectivity index (χ2n) is 5.88. The van der Waals surface area contributed by atoms with E-state index in [0.717, 1.165) is 29.5 Å². The molecule has 2 aromatic carbocycles. The van der Waals surface area contributed by atoms with Crippen molar-refractivity contribution in [1.29, 1.82) is 0 Å². The van der Waals surface area contributed by atoms with Gasteiger partial charge in [0, 0.05) is 6.54 Å². The number of nitrogens with one attached hydrogen (secondary N) is 1. The van der Waals surface area contributed by atoms with Gasteiger partial charge >= 0.3 is 0 Å². The van der Waals surface area contributed by atoms with Crippen LogP contribution in [-0.4, -0.2) is 15.0 Å². The van der Waals surface area contributed by atoms with E-state index in [0.29, 0.717) is 17.9 Å². The normalized spacial score (nSPS) is 11.9. The lowest BCUT2D eigenvalue weighted by Gasteiger charge is -2.11. The molecule has 1 N–H and O–H groups in total. The first kappa shape index (κ1) is 18.4.